The van der Waals surface area contributed by atoms with E-state index in [2.05, 4.69) is 5.32 Å². The second kappa shape index (κ2) is 9.41. The van der Waals surface area contributed by atoms with Gasteiger partial charge >= 0.3 is 0 Å². The Labute approximate surface area is 179 Å². The predicted molar refractivity (Wildman–Crippen MR) is 116 cm³/mol. The Morgan fingerprint density at radius 1 is 0.862 bits per heavy atom. The van der Waals surface area contributed by atoms with E-state index in [9.17, 15) is 13.2 Å². The maximum absolute atomic E-state index is 13.2. The number of nitrogens with one attached hydrogen (secondary N) is 1. The molecule has 150 valence electrons. The molecule has 3 aromatic carbocycles. The summed E-state index contributed by atoms with van der Waals surface area (Å²) < 4.78 is 27.5. The summed E-state index contributed by atoms with van der Waals surface area (Å²) in [5.41, 5.74) is 1.26. The van der Waals surface area contributed by atoms with E-state index in [4.69, 9.17) is 23.2 Å². The van der Waals surface area contributed by atoms with Gasteiger partial charge in [-0.3, -0.25) is 4.79 Å². The second-order valence-corrected chi connectivity index (χ2v) is 9.08. The molecule has 0 bridgehead atoms. The minimum atomic E-state index is -3.95. The van der Waals surface area contributed by atoms with E-state index in [-0.39, 0.29) is 18.0 Å². The standard InChI is InChI=1S/C21H18Cl2N2O3S/c22-17-9-11-20(12-10-17)29(27,28)25(14-16-5-4-6-18(23)13-16)15-21(26)24-19-7-2-1-3-8-19/h1-13H,14-15H2,(H,24,26). The summed E-state index contributed by atoms with van der Waals surface area (Å²) >= 11 is 11.9. The molecule has 0 aliphatic heterocycles. The van der Waals surface area contributed by atoms with Crippen LogP contribution in [0.3, 0.4) is 0 Å². The van der Waals surface area contributed by atoms with Crippen molar-refractivity contribution in [2.45, 2.75) is 11.4 Å². The summed E-state index contributed by atoms with van der Waals surface area (Å²) in [5, 5.41) is 3.62. The molecule has 8 heteroatoms. The molecule has 0 aliphatic carbocycles. The summed E-state index contributed by atoms with van der Waals surface area (Å²) in [6.45, 7) is -0.361. The molecule has 0 fully saturated rings. The number of hydrogen-bond donors (Lipinski definition) is 1. The summed E-state index contributed by atoms with van der Waals surface area (Å²) in [6.07, 6.45) is 0. The number of para-hydroxylation sites is 1. The zero-order chi connectivity index (χ0) is 20.9. The van der Waals surface area contributed by atoms with E-state index in [1.165, 1.54) is 24.3 Å². The molecule has 1 N–H and O–H groups in total. The lowest BCUT2D eigenvalue weighted by Crippen LogP contribution is -2.37. The van der Waals surface area contributed by atoms with Gasteiger partial charge in [0.1, 0.15) is 0 Å². The summed E-state index contributed by atoms with van der Waals surface area (Å²) in [6, 6.07) is 21.5. The fourth-order valence-corrected chi connectivity index (χ4v) is 4.43. The van der Waals surface area contributed by atoms with Gasteiger partial charge in [-0.15, -0.1) is 0 Å². The molecule has 1 amide bonds. The first-order valence-electron chi connectivity index (χ1n) is 8.70. The van der Waals surface area contributed by atoms with Gasteiger partial charge in [-0.2, -0.15) is 4.31 Å². The Balaban J connectivity index is 1.88. The highest BCUT2D eigenvalue weighted by molar-refractivity contribution is 7.89. The van der Waals surface area contributed by atoms with E-state index in [0.29, 0.717) is 21.3 Å². The number of amides is 1. The quantitative estimate of drug-likeness (QED) is 0.562. The van der Waals surface area contributed by atoms with Crippen LogP contribution in [-0.2, 0) is 21.4 Å². The number of nitrogens with zero attached hydrogens (tertiary/aromatic N) is 1. The second-order valence-electron chi connectivity index (χ2n) is 6.27. The Morgan fingerprint density at radius 2 is 1.55 bits per heavy atom. The van der Waals surface area contributed by atoms with Gasteiger partial charge in [-0.25, -0.2) is 8.42 Å². The Kier molecular flexibility index (Phi) is 6.92. The highest BCUT2D eigenvalue weighted by Crippen LogP contribution is 2.22. The molecule has 0 aliphatic rings. The number of halogens is 2. The number of carbonyl (C=O) groups is 1. The lowest BCUT2D eigenvalue weighted by molar-refractivity contribution is -0.116. The number of carbonyl (C=O) groups excluding carboxylic acids is 1. The average molecular weight is 449 g/mol. The lowest BCUT2D eigenvalue weighted by atomic mass is 10.2. The van der Waals surface area contributed by atoms with Crippen molar-refractivity contribution in [2.75, 3.05) is 11.9 Å². The molecule has 0 aromatic heterocycles. The van der Waals surface area contributed by atoms with Crippen LogP contribution in [0.25, 0.3) is 0 Å². The fourth-order valence-electron chi connectivity index (χ4n) is 2.70. The van der Waals surface area contributed by atoms with Crippen LogP contribution in [0.1, 0.15) is 5.56 Å². The van der Waals surface area contributed by atoms with Crippen molar-refractivity contribution in [1.29, 1.82) is 0 Å². The molecule has 3 aromatic rings. The van der Waals surface area contributed by atoms with E-state index < -0.39 is 15.9 Å². The van der Waals surface area contributed by atoms with E-state index in [0.717, 1.165) is 4.31 Å². The van der Waals surface area contributed by atoms with E-state index in [1.54, 1.807) is 48.5 Å². The molecule has 29 heavy (non-hydrogen) atoms. The normalized spacial score (nSPS) is 11.4. The third-order valence-corrected chi connectivity index (χ3v) is 6.37. The number of sulfonamides is 1. The predicted octanol–water partition coefficient (Wildman–Crippen LogP) is 4.82. The van der Waals surface area contributed by atoms with Crippen molar-refractivity contribution >= 4 is 44.8 Å². The molecule has 0 radical (unpaired) electrons. The van der Waals surface area contributed by atoms with Crippen LogP contribution in [0.15, 0.2) is 83.8 Å². The molecule has 0 saturated heterocycles. The Morgan fingerprint density at radius 3 is 2.21 bits per heavy atom. The van der Waals surface area contributed by atoms with Crippen LogP contribution in [-0.4, -0.2) is 25.2 Å². The van der Waals surface area contributed by atoms with Gasteiger partial charge in [0.15, 0.2) is 0 Å². The average Bonchev–Trinajstić information content (AvgIpc) is 2.68. The number of hydrogen-bond acceptors (Lipinski definition) is 3. The van der Waals surface area contributed by atoms with Crippen LogP contribution in [0.5, 0.6) is 0 Å². The number of anilines is 1. The van der Waals surface area contributed by atoms with Gasteiger partial charge in [-0.05, 0) is 54.1 Å². The summed E-state index contributed by atoms with van der Waals surface area (Å²) in [7, 11) is -3.95. The van der Waals surface area contributed by atoms with Crippen molar-refractivity contribution in [2.24, 2.45) is 0 Å². The molecule has 0 unspecified atom stereocenters. The van der Waals surface area contributed by atoms with Gasteiger partial charge in [0.2, 0.25) is 15.9 Å². The van der Waals surface area contributed by atoms with Crippen LogP contribution in [0.4, 0.5) is 5.69 Å². The largest absolute Gasteiger partial charge is 0.325 e. The lowest BCUT2D eigenvalue weighted by Gasteiger charge is -2.22. The zero-order valence-electron chi connectivity index (χ0n) is 15.3. The van der Waals surface area contributed by atoms with Gasteiger partial charge in [0, 0.05) is 22.3 Å². The third-order valence-electron chi connectivity index (χ3n) is 4.08. The van der Waals surface area contributed by atoms with Gasteiger partial charge in [0.25, 0.3) is 0 Å². The van der Waals surface area contributed by atoms with Crippen LogP contribution in [0, 0.1) is 0 Å². The Hall–Kier alpha value is -2.38. The molecular formula is C21H18Cl2N2O3S. The highest BCUT2D eigenvalue weighted by Gasteiger charge is 2.27. The Bertz CT molecular complexity index is 1090. The molecular weight excluding hydrogens is 431 g/mol. The maximum Gasteiger partial charge on any atom is 0.243 e. The molecule has 0 saturated carbocycles. The SMILES string of the molecule is O=C(CN(Cc1cccc(Cl)c1)S(=O)(=O)c1ccc(Cl)cc1)Nc1ccccc1. The highest BCUT2D eigenvalue weighted by atomic mass is 35.5. The molecule has 5 nitrogen and oxygen atoms in total. The first-order chi connectivity index (χ1) is 13.8. The van der Waals surface area contributed by atoms with Crippen LogP contribution in [0.2, 0.25) is 10.0 Å². The molecule has 3 rings (SSSR count). The smallest absolute Gasteiger partial charge is 0.243 e. The minimum Gasteiger partial charge on any atom is -0.325 e. The van der Waals surface area contributed by atoms with Crippen molar-refractivity contribution < 1.29 is 13.2 Å². The fraction of sp³-hybridized carbons (Fsp3) is 0.0952. The third kappa shape index (κ3) is 5.81. The molecule has 0 atom stereocenters. The van der Waals surface area contributed by atoms with E-state index in [1.807, 2.05) is 6.07 Å². The van der Waals surface area contributed by atoms with Gasteiger partial charge in [-0.1, -0.05) is 53.5 Å². The number of rotatable bonds is 7. The van der Waals surface area contributed by atoms with Gasteiger partial charge < -0.3 is 5.32 Å². The van der Waals surface area contributed by atoms with Crippen LogP contribution >= 0.6 is 23.2 Å². The van der Waals surface area contributed by atoms with Crippen molar-refractivity contribution in [3.8, 4) is 0 Å². The first-order valence-corrected chi connectivity index (χ1v) is 10.9. The maximum atomic E-state index is 13.2. The molecule has 0 spiro atoms. The zero-order valence-corrected chi connectivity index (χ0v) is 17.6. The molecule has 0 heterocycles. The monoisotopic (exact) mass is 448 g/mol. The summed E-state index contributed by atoms with van der Waals surface area (Å²) in [5.74, 6) is -0.448. The van der Waals surface area contributed by atoms with Crippen molar-refractivity contribution in [3.05, 3.63) is 94.5 Å². The first kappa shape index (κ1) is 21.3. The number of benzene rings is 3. The van der Waals surface area contributed by atoms with Crippen LogP contribution < -0.4 is 5.32 Å². The topological polar surface area (TPSA) is 66.5 Å². The van der Waals surface area contributed by atoms with E-state index >= 15 is 0 Å². The minimum absolute atomic E-state index is 0.00622. The van der Waals surface area contributed by atoms with Gasteiger partial charge in [0.05, 0.1) is 11.4 Å². The van der Waals surface area contributed by atoms with Crippen molar-refractivity contribution in [1.82, 2.24) is 4.31 Å². The summed E-state index contributed by atoms with van der Waals surface area (Å²) in [4.78, 5) is 12.6. The van der Waals surface area contributed by atoms with Crippen molar-refractivity contribution in [3.63, 3.8) is 0 Å².